The van der Waals surface area contributed by atoms with Gasteiger partial charge in [0, 0.05) is 0 Å². The molecule has 1 aliphatic carbocycles. The van der Waals surface area contributed by atoms with E-state index in [-0.39, 0.29) is 12.8 Å². The lowest BCUT2D eigenvalue weighted by Crippen LogP contribution is -2.40. The molecule has 1 aromatic carbocycles. The lowest BCUT2D eigenvalue weighted by atomic mass is 9.85. The van der Waals surface area contributed by atoms with Gasteiger partial charge in [-0.3, -0.25) is 9.59 Å². The molecule has 0 amide bonds. The number of hydrogen-bond donors (Lipinski definition) is 2. The van der Waals surface area contributed by atoms with Crippen molar-refractivity contribution in [2.75, 3.05) is 0 Å². The molecule has 1 aliphatic rings. The molecule has 2 rings (SSSR count). The first-order chi connectivity index (χ1) is 8.06. The Morgan fingerprint density at radius 3 is 1.65 bits per heavy atom. The molecular weight excluding hydrogens is 220 g/mol. The van der Waals surface area contributed by atoms with Crippen LogP contribution in [0, 0.1) is 5.41 Å². The van der Waals surface area contributed by atoms with E-state index in [1.807, 2.05) is 13.8 Å². The smallest absolute Gasteiger partial charge is 0.321 e. The summed E-state index contributed by atoms with van der Waals surface area (Å²) in [6.07, 6.45) is 0.154. The molecular formula is C13H16O4. The van der Waals surface area contributed by atoms with Crippen molar-refractivity contribution in [3.63, 3.8) is 0 Å². The lowest BCUT2D eigenvalue weighted by molar-refractivity contribution is -0.163. The van der Waals surface area contributed by atoms with E-state index in [4.69, 9.17) is 10.2 Å². The Morgan fingerprint density at radius 2 is 1.35 bits per heavy atom. The van der Waals surface area contributed by atoms with Crippen molar-refractivity contribution < 1.29 is 19.8 Å². The van der Waals surface area contributed by atoms with Gasteiger partial charge in [0.25, 0.3) is 0 Å². The first kappa shape index (κ1) is 13.2. The monoisotopic (exact) mass is 236 g/mol. The summed E-state index contributed by atoms with van der Waals surface area (Å²) in [5, 5.41) is 18.1. The summed E-state index contributed by atoms with van der Waals surface area (Å²) in [6.45, 7) is 4.00. The molecule has 0 aliphatic heterocycles. The molecule has 0 heterocycles. The van der Waals surface area contributed by atoms with E-state index in [2.05, 4.69) is 0 Å². The van der Waals surface area contributed by atoms with E-state index in [0.29, 0.717) is 0 Å². The second kappa shape index (κ2) is 4.99. The maximum absolute atomic E-state index is 11.1. The largest absolute Gasteiger partial charge is 0.480 e. The highest BCUT2D eigenvalue weighted by Crippen LogP contribution is 2.37. The first-order valence-electron chi connectivity index (χ1n) is 5.60. The van der Waals surface area contributed by atoms with Crippen LogP contribution in [0.3, 0.4) is 0 Å². The molecule has 92 valence electrons. The number of fused-ring (bicyclic) bond motifs is 1. The highest BCUT2D eigenvalue weighted by atomic mass is 16.4. The topological polar surface area (TPSA) is 74.6 Å². The first-order valence-corrected chi connectivity index (χ1v) is 5.60. The number of benzene rings is 1. The molecule has 0 atom stereocenters. The minimum Gasteiger partial charge on any atom is -0.480 e. The fraction of sp³-hybridized carbons (Fsp3) is 0.385. The number of aliphatic carboxylic acids is 2. The van der Waals surface area contributed by atoms with Gasteiger partial charge in [-0.1, -0.05) is 38.1 Å². The summed E-state index contributed by atoms with van der Waals surface area (Å²) in [4.78, 5) is 22.1. The van der Waals surface area contributed by atoms with Crippen molar-refractivity contribution in [1.82, 2.24) is 0 Å². The van der Waals surface area contributed by atoms with Gasteiger partial charge in [0.1, 0.15) is 0 Å². The van der Waals surface area contributed by atoms with Crippen LogP contribution >= 0.6 is 0 Å². The predicted octanol–water partition coefficient (Wildman–Crippen LogP) is 1.97. The standard InChI is InChI=1S/C11H10O4.C2H6/c12-9(13)11(10(14)15)5-7-3-1-2-4-8(7)6-11;1-2/h1-4H,5-6H2,(H,12,13)(H,14,15);1-2H3. The number of rotatable bonds is 2. The van der Waals surface area contributed by atoms with Crippen LogP contribution in [-0.2, 0) is 22.4 Å². The van der Waals surface area contributed by atoms with E-state index in [0.717, 1.165) is 11.1 Å². The molecule has 0 saturated heterocycles. The van der Waals surface area contributed by atoms with Crippen molar-refractivity contribution in [2.45, 2.75) is 26.7 Å². The van der Waals surface area contributed by atoms with Gasteiger partial charge in [-0.25, -0.2) is 0 Å². The molecule has 0 unspecified atom stereocenters. The summed E-state index contributed by atoms with van der Waals surface area (Å²) in [5.41, 5.74) is -0.0199. The quantitative estimate of drug-likeness (QED) is 0.770. The van der Waals surface area contributed by atoms with Gasteiger partial charge in [-0.05, 0) is 24.0 Å². The number of carboxylic acid groups (broad SMARTS) is 2. The summed E-state index contributed by atoms with van der Waals surface area (Å²) in [6, 6.07) is 7.14. The van der Waals surface area contributed by atoms with Gasteiger partial charge in [0.05, 0.1) is 0 Å². The van der Waals surface area contributed by atoms with Crippen molar-refractivity contribution in [3.8, 4) is 0 Å². The van der Waals surface area contributed by atoms with E-state index >= 15 is 0 Å². The predicted molar refractivity (Wildman–Crippen MR) is 62.9 cm³/mol. The zero-order valence-electron chi connectivity index (χ0n) is 9.93. The SMILES string of the molecule is CC.O=C(O)C1(C(=O)O)Cc2ccccc2C1. The molecule has 17 heavy (non-hydrogen) atoms. The van der Waals surface area contributed by atoms with Crippen LogP contribution in [0.4, 0.5) is 0 Å². The fourth-order valence-corrected chi connectivity index (χ4v) is 2.01. The average molecular weight is 236 g/mol. The Bertz CT molecular complexity index is 396. The van der Waals surface area contributed by atoms with Gasteiger partial charge in [-0.2, -0.15) is 0 Å². The van der Waals surface area contributed by atoms with E-state index in [1.54, 1.807) is 24.3 Å². The van der Waals surface area contributed by atoms with Gasteiger partial charge < -0.3 is 10.2 Å². The van der Waals surface area contributed by atoms with Crippen LogP contribution in [0.15, 0.2) is 24.3 Å². The fourth-order valence-electron chi connectivity index (χ4n) is 2.01. The Balaban J connectivity index is 0.000000686. The summed E-state index contributed by atoms with van der Waals surface area (Å²) in [5.74, 6) is -2.52. The van der Waals surface area contributed by atoms with Crippen molar-refractivity contribution >= 4 is 11.9 Å². The molecule has 0 radical (unpaired) electrons. The van der Waals surface area contributed by atoms with E-state index < -0.39 is 17.4 Å². The number of carbonyl (C=O) groups is 2. The molecule has 0 bridgehead atoms. The van der Waals surface area contributed by atoms with Crippen LogP contribution in [0.1, 0.15) is 25.0 Å². The van der Waals surface area contributed by atoms with E-state index in [1.165, 1.54) is 0 Å². The Morgan fingerprint density at radius 1 is 1.00 bits per heavy atom. The third-order valence-corrected chi connectivity index (χ3v) is 2.92. The number of hydrogen-bond acceptors (Lipinski definition) is 2. The Hall–Kier alpha value is -1.84. The van der Waals surface area contributed by atoms with Crippen molar-refractivity contribution in [2.24, 2.45) is 5.41 Å². The minimum atomic E-state index is -1.66. The summed E-state index contributed by atoms with van der Waals surface area (Å²) < 4.78 is 0. The summed E-state index contributed by atoms with van der Waals surface area (Å²) >= 11 is 0. The molecule has 0 saturated carbocycles. The zero-order valence-corrected chi connectivity index (χ0v) is 9.93. The zero-order chi connectivity index (χ0) is 13.1. The third-order valence-electron chi connectivity index (χ3n) is 2.92. The van der Waals surface area contributed by atoms with Crippen LogP contribution in [0.25, 0.3) is 0 Å². The molecule has 4 nitrogen and oxygen atoms in total. The maximum atomic E-state index is 11.1. The molecule has 0 spiro atoms. The highest BCUT2D eigenvalue weighted by Gasteiger charge is 2.50. The Labute approximate surface area is 99.9 Å². The molecule has 2 N–H and O–H groups in total. The number of carboxylic acids is 2. The highest BCUT2D eigenvalue weighted by molar-refractivity contribution is 5.99. The second-order valence-corrected chi connectivity index (χ2v) is 3.81. The normalized spacial score (nSPS) is 15.4. The summed E-state index contributed by atoms with van der Waals surface area (Å²) in [7, 11) is 0. The van der Waals surface area contributed by atoms with E-state index in [9.17, 15) is 9.59 Å². The molecule has 0 aromatic heterocycles. The second-order valence-electron chi connectivity index (χ2n) is 3.81. The van der Waals surface area contributed by atoms with Crippen LogP contribution in [0.5, 0.6) is 0 Å². The van der Waals surface area contributed by atoms with Crippen LogP contribution < -0.4 is 0 Å². The molecule has 4 heteroatoms. The van der Waals surface area contributed by atoms with Crippen molar-refractivity contribution in [1.29, 1.82) is 0 Å². The van der Waals surface area contributed by atoms with Gasteiger partial charge in [0.15, 0.2) is 5.41 Å². The van der Waals surface area contributed by atoms with Gasteiger partial charge >= 0.3 is 11.9 Å². The average Bonchev–Trinajstić information content (AvgIpc) is 2.72. The Kier molecular flexibility index (Phi) is 3.89. The van der Waals surface area contributed by atoms with Gasteiger partial charge in [-0.15, -0.1) is 0 Å². The minimum absolute atomic E-state index is 0.0772. The van der Waals surface area contributed by atoms with Gasteiger partial charge in [0.2, 0.25) is 0 Å². The van der Waals surface area contributed by atoms with Crippen LogP contribution in [-0.4, -0.2) is 22.2 Å². The maximum Gasteiger partial charge on any atom is 0.321 e. The molecule has 0 fully saturated rings. The van der Waals surface area contributed by atoms with Crippen LogP contribution in [0.2, 0.25) is 0 Å². The molecule has 1 aromatic rings. The lowest BCUT2D eigenvalue weighted by Gasteiger charge is -2.17. The van der Waals surface area contributed by atoms with Crippen molar-refractivity contribution in [3.05, 3.63) is 35.4 Å². The third kappa shape index (κ3) is 2.16.